The Morgan fingerprint density at radius 1 is 0.500 bits per heavy atom. The van der Waals surface area contributed by atoms with Crippen LogP contribution in [-0.2, 0) is 0 Å². The molecule has 0 unspecified atom stereocenters. The molecule has 8 bridgehead atoms. The van der Waals surface area contributed by atoms with E-state index in [4.69, 9.17) is 0 Å². The van der Waals surface area contributed by atoms with Crippen LogP contribution in [0.15, 0.2) is 78.9 Å². The normalized spacial score (nSPS) is 11.7. The first-order valence-corrected chi connectivity index (χ1v) is 15.0. The van der Waals surface area contributed by atoms with Crippen LogP contribution in [0.25, 0.3) is 89.7 Å². The summed E-state index contributed by atoms with van der Waals surface area (Å²) in [5.74, 6) is -0.0752. The van der Waals surface area contributed by atoms with Crippen molar-refractivity contribution in [3.05, 3.63) is 119 Å². The number of nitrogens with one attached hydrogen (secondary N) is 1. The summed E-state index contributed by atoms with van der Waals surface area (Å²) < 4.78 is 0.725. The quantitative estimate of drug-likeness (QED) is 0.161. The minimum absolute atomic E-state index is 0.00425. The fourth-order valence-corrected chi connectivity index (χ4v) is 6.49. The van der Waals surface area contributed by atoms with Crippen LogP contribution in [0.5, 0.6) is 0 Å². The summed E-state index contributed by atoms with van der Waals surface area (Å²) in [6.45, 7) is 0. The number of nitro benzene ring substituents is 3. The first-order valence-electron chi connectivity index (χ1n) is 15.0. The summed E-state index contributed by atoms with van der Waals surface area (Å²) in [6, 6.07) is 20.8. The van der Waals surface area contributed by atoms with E-state index in [1.54, 1.807) is 72.8 Å². The van der Waals surface area contributed by atoms with Gasteiger partial charge in [-0.25, -0.2) is 40.0 Å². The van der Waals surface area contributed by atoms with Crippen LogP contribution in [0.2, 0.25) is 0 Å². The van der Waals surface area contributed by atoms with Crippen molar-refractivity contribution in [3.8, 4) is 45.6 Å². The predicted molar refractivity (Wildman–Crippen MR) is 182 cm³/mol. The molecule has 0 radical (unpaired) electrons. The lowest BCUT2D eigenvalue weighted by atomic mass is 10.1. The number of hydrogen-bond acceptors (Lipinski definition) is 14. The topological polar surface area (TPSA) is 271 Å². The van der Waals surface area contributed by atoms with Crippen molar-refractivity contribution in [2.45, 2.75) is 0 Å². The van der Waals surface area contributed by atoms with Crippen molar-refractivity contribution in [1.82, 2.24) is 39.6 Å². The van der Waals surface area contributed by atoms with Crippen LogP contribution in [0, 0.1) is 40.5 Å². The van der Waals surface area contributed by atoms with E-state index in [0.717, 1.165) is 10.7 Å². The van der Waals surface area contributed by atoms with Crippen molar-refractivity contribution in [2.24, 2.45) is 0 Å². The number of H-pyrrole nitrogens is 1. The monoisotopic (exact) mass is 694 g/mol. The van der Waals surface area contributed by atoms with E-state index >= 15 is 0 Å². The van der Waals surface area contributed by atoms with Gasteiger partial charge in [-0.1, -0.05) is 72.8 Å². The Morgan fingerprint density at radius 3 is 1.38 bits per heavy atom. The first-order chi connectivity index (χ1) is 25.1. The number of hydrogen-bond donors (Lipinski definition) is 1. The van der Waals surface area contributed by atoms with E-state index in [0.29, 0.717) is 33.0 Å². The molecule has 0 atom stereocenters. The Balaban J connectivity index is 1.58. The highest BCUT2D eigenvalue weighted by molar-refractivity contribution is 6.13. The van der Waals surface area contributed by atoms with Gasteiger partial charge >= 0.3 is 17.1 Å². The van der Waals surface area contributed by atoms with Gasteiger partial charge < -0.3 is 4.98 Å². The maximum absolute atomic E-state index is 12.8. The van der Waals surface area contributed by atoms with Crippen LogP contribution < -0.4 is 0 Å². The third kappa shape index (κ3) is 4.20. The number of benzene rings is 4. The lowest BCUT2D eigenvalue weighted by Gasteiger charge is -1.99. The minimum atomic E-state index is -1.35. The summed E-state index contributed by atoms with van der Waals surface area (Å²) in [5.41, 5.74) is -2.86. The summed E-state index contributed by atoms with van der Waals surface area (Å²) in [4.78, 5) is 76.6. The Bertz CT molecular complexity index is 3010. The Hall–Kier alpha value is -8.16. The van der Waals surface area contributed by atoms with Gasteiger partial charge in [-0.3, -0.25) is 30.3 Å². The first kappa shape index (κ1) is 29.9. The molecule has 0 saturated carbocycles. The van der Waals surface area contributed by atoms with Crippen LogP contribution in [0.4, 0.5) is 17.1 Å². The number of nitro groups is 4. The molecule has 1 N–H and O–H groups in total. The molecule has 5 heterocycles. The molecule has 2 aliphatic heterocycles. The number of nitrogens with zero attached hydrogens (tertiary/aromatic N) is 11. The van der Waals surface area contributed by atoms with E-state index in [1.165, 1.54) is 0 Å². The van der Waals surface area contributed by atoms with E-state index in [-0.39, 0.29) is 51.3 Å². The van der Waals surface area contributed by atoms with Gasteiger partial charge in [0, 0.05) is 44.5 Å². The van der Waals surface area contributed by atoms with Gasteiger partial charge in [0.1, 0.15) is 16.7 Å². The molecule has 4 aromatic carbocycles. The summed E-state index contributed by atoms with van der Waals surface area (Å²) >= 11 is 0. The molecule has 52 heavy (non-hydrogen) atoms. The Labute approximate surface area is 285 Å². The third-order valence-corrected chi connectivity index (χ3v) is 8.62. The Kier molecular flexibility index (Phi) is 6.14. The SMILES string of the molecule is O=[N+]([O-])c1cc2c3nc4nc(nc5c6ccccc6c(nc6nc(nc([nH]3)c2c([N+](=O)[O-])c1[N+](=O)[O-])-c1ccccc1-6)n5[N+](=O)[O-])-c1ccccc1-4. The average molecular weight is 695 g/mol. The zero-order chi connectivity index (χ0) is 36.0. The summed E-state index contributed by atoms with van der Waals surface area (Å²) in [5, 5.41) is 48.9. The second-order valence-electron chi connectivity index (χ2n) is 11.4. The molecule has 20 nitrogen and oxygen atoms in total. The molecule has 20 heteroatoms. The number of fused-ring (bicyclic) bond motifs is 20. The van der Waals surface area contributed by atoms with Gasteiger partial charge in [-0.2, -0.15) is 0 Å². The maximum Gasteiger partial charge on any atom is 0.423 e. The van der Waals surface area contributed by atoms with Gasteiger partial charge in [0.05, 0.1) is 14.8 Å². The standard InChI is InChI=1S/C32H14N12O8/c45-41(46)21-13-20-22(24(43(49)50)23(21)42(47)48)30-36-26-15-8-2-4-10-17(15)28(34-26)39-32-19-12-6-5-11-18(19)31(40(32)44(51)52)38-27-16-9-3-1-7-14(16)25(33-27)35-29(20)37-30/h1-13H,(H,33,34,35,36,37,38,39). The predicted octanol–water partition coefficient (Wildman–Crippen LogP) is 6.11. The van der Waals surface area contributed by atoms with Crippen molar-refractivity contribution >= 4 is 61.2 Å². The highest BCUT2D eigenvalue weighted by Crippen LogP contribution is 2.46. The van der Waals surface area contributed by atoms with Gasteiger partial charge in [0.15, 0.2) is 28.3 Å². The smallest absolute Gasteiger partial charge is 0.324 e. The minimum Gasteiger partial charge on any atom is -0.324 e. The molecular formula is C32H14N12O8. The number of aromatic nitrogens is 8. The van der Waals surface area contributed by atoms with Crippen molar-refractivity contribution in [1.29, 1.82) is 0 Å². The fourth-order valence-electron chi connectivity index (χ4n) is 6.49. The van der Waals surface area contributed by atoms with Crippen molar-refractivity contribution in [3.63, 3.8) is 0 Å². The molecular weight excluding hydrogens is 680 g/mol. The van der Waals surface area contributed by atoms with Crippen molar-refractivity contribution < 1.29 is 19.8 Å². The van der Waals surface area contributed by atoms with Gasteiger partial charge in [0.2, 0.25) is 11.3 Å². The van der Waals surface area contributed by atoms with Crippen LogP contribution in [0.3, 0.4) is 0 Å². The van der Waals surface area contributed by atoms with E-state index in [2.05, 4.69) is 34.9 Å². The highest BCUT2D eigenvalue weighted by atomic mass is 16.7. The molecule has 2 aliphatic rings. The second-order valence-corrected chi connectivity index (χ2v) is 11.4. The number of aromatic amines is 1. The third-order valence-electron chi connectivity index (χ3n) is 8.62. The van der Waals surface area contributed by atoms with Crippen LogP contribution >= 0.6 is 0 Å². The molecule has 3 aromatic heterocycles. The summed E-state index contributed by atoms with van der Waals surface area (Å²) in [7, 11) is 0. The molecule has 0 saturated heterocycles. The molecule has 0 fully saturated rings. The highest BCUT2D eigenvalue weighted by Gasteiger charge is 2.41. The molecule has 7 aromatic rings. The summed E-state index contributed by atoms with van der Waals surface area (Å²) in [6.07, 6.45) is 0. The lowest BCUT2D eigenvalue weighted by molar-refractivity contribution is -0.534. The van der Waals surface area contributed by atoms with Gasteiger partial charge in [-0.15, -0.1) is 0 Å². The average Bonchev–Trinajstić information content (AvgIpc) is 3.85. The second kappa shape index (κ2) is 10.7. The van der Waals surface area contributed by atoms with Crippen molar-refractivity contribution in [2.75, 3.05) is 0 Å². The molecule has 0 spiro atoms. The molecule has 250 valence electrons. The number of rotatable bonds is 4. The van der Waals surface area contributed by atoms with E-state index in [1.807, 2.05) is 0 Å². The van der Waals surface area contributed by atoms with E-state index in [9.17, 15) is 40.5 Å². The maximum atomic E-state index is 12.8. The fraction of sp³-hybridized carbons (Fsp3) is 0. The Morgan fingerprint density at radius 2 is 0.942 bits per heavy atom. The van der Waals surface area contributed by atoms with E-state index < -0.39 is 42.3 Å². The molecule has 9 rings (SSSR count). The molecule has 0 amide bonds. The molecule has 0 aliphatic carbocycles. The van der Waals surface area contributed by atoms with Crippen LogP contribution in [-0.4, -0.2) is 59.4 Å². The zero-order valence-corrected chi connectivity index (χ0v) is 25.7. The largest absolute Gasteiger partial charge is 0.423 e. The zero-order valence-electron chi connectivity index (χ0n) is 25.7. The van der Waals surface area contributed by atoms with Gasteiger partial charge in [-0.05, 0) is 4.68 Å². The van der Waals surface area contributed by atoms with Gasteiger partial charge in [0.25, 0.3) is 0 Å². The lowest BCUT2D eigenvalue weighted by Crippen LogP contribution is -2.09. The van der Waals surface area contributed by atoms with Crippen LogP contribution in [0.1, 0.15) is 0 Å².